The molecule has 19 heavy (non-hydrogen) atoms. The zero-order valence-electron chi connectivity index (χ0n) is 10.2. The fourth-order valence-corrected chi connectivity index (χ4v) is 2.37. The summed E-state index contributed by atoms with van der Waals surface area (Å²) in [4.78, 5) is 8.75. The number of aromatic nitrogens is 2. The molecule has 2 aromatic heterocycles. The van der Waals surface area contributed by atoms with Gasteiger partial charge in [0.1, 0.15) is 4.60 Å². The molecule has 1 aromatic carbocycles. The van der Waals surface area contributed by atoms with Gasteiger partial charge in [0.2, 0.25) is 0 Å². The van der Waals surface area contributed by atoms with Crippen molar-refractivity contribution in [2.75, 3.05) is 5.32 Å². The molecule has 3 nitrogen and oxygen atoms in total. The molecule has 94 valence electrons. The normalized spacial score (nSPS) is 10.6. The Hall–Kier alpha value is -1.94. The van der Waals surface area contributed by atoms with Gasteiger partial charge in [0.15, 0.2) is 0 Å². The Kier molecular flexibility index (Phi) is 3.42. The van der Waals surface area contributed by atoms with Crippen LogP contribution in [0.2, 0.25) is 0 Å². The van der Waals surface area contributed by atoms with Crippen LogP contribution in [0.15, 0.2) is 59.3 Å². The van der Waals surface area contributed by atoms with E-state index >= 15 is 0 Å². The number of benzene rings is 1. The number of rotatable bonds is 3. The highest BCUT2D eigenvalue weighted by atomic mass is 79.9. The quantitative estimate of drug-likeness (QED) is 0.743. The van der Waals surface area contributed by atoms with Gasteiger partial charge in [0.05, 0.1) is 17.8 Å². The summed E-state index contributed by atoms with van der Waals surface area (Å²) >= 11 is 3.38. The zero-order chi connectivity index (χ0) is 13.1. The van der Waals surface area contributed by atoms with Crippen molar-refractivity contribution in [2.24, 2.45) is 0 Å². The average molecular weight is 314 g/mol. The highest BCUT2D eigenvalue weighted by Gasteiger charge is 2.01. The third-order valence-electron chi connectivity index (χ3n) is 2.88. The van der Waals surface area contributed by atoms with Gasteiger partial charge >= 0.3 is 0 Å². The fraction of sp³-hybridized carbons (Fsp3) is 0.0667. The average Bonchev–Trinajstić information content (AvgIpc) is 2.45. The lowest BCUT2D eigenvalue weighted by Gasteiger charge is -2.09. The van der Waals surface area contributed by atoms with E-state index in [1.165, 1.54) is 0 Å². The van der Waals surface area contributed by atoms with Crippen LogP contribution in [-0.2, 0) is 6.54 Å². The van der Waals surface area contributed by atoms with Gasteiger partial charge in [-0.2, -0.15) is 0 Å². The maximum Gasteiger partial charge on any atom is 0.106 e. The van der Waals surface area contributed by atoms with Crippen LogP contribution >= 0.6 is 15.9 Å². The van der Waals surface area contributed by atoms with E-state index in [0.29, 0.717) is 6.54 Å². The van der Waals surface area contributed by atoms with E-state index in [0.717, 1.165) is 26.9 Å². The highest BCUT2D eigenvalue weighted by molar-refractivity contribution is 9.10. The SMILES string of the molecule is Brc1cccc(CNc2cccc3ncccc23)n1. The largest absolute Gasteiger partial charge is 0.379 e. The molecule has 0 spiro atoms. The standard InChI is InChI=1S/C15H12BrN3/c16-15-8-1-4-11(19-15)10-18-14-7-2-6-13-12(14)5-3-9-17-13/h1-9,18H,10H2. The number of pyridine rings is 2. The van der Waals surface area contributed by atoms with Crippen LogP contribution in [-0.4, -0.2) is 9.97 Å². The molecule has 1 N–H and O–H groups in total. The summed E-state index contributed by atoms with van der Waals surface area (Å²) in [5, 5.41) is 4.53. The molecule has 4 heteroatoms. The Labute approximate surface area is 119 Å². The molecule has 3 rings (SSSR count). The van der Waals surface area contributed by atoms with Gasteiger partial charge < -0.3 is 5.32 Å². The minimum atomic E-state index is 0.688. The second-order valence-corrected chi connectivity index (χ2v) is 4.99. The topological polar surface area (TPSA) is 37.8 Å². The Morgan fingerprint density at radius 2 is 1.89 bits per heavy atom. The van der Waals surface area contributed by atoms with Crippen LogP contribution in [0.3, 0.4) is 0 Å². The smallest absolute Gasteiger partial charge is 0.106 e. The maximum absolute atomic E-state index is 4.41. The van der Waals surface area contributed by atoms with Gasteiger partial charge in [0.25, 0.3) is 0 Å². The van der Waals surface area contributed by atoms with Crippen LogP contribution < -0.4 is 5.32 Å². The lowest BCUT2D eigenvalue weighted by atomic mass is 10.2. The molecular weight excluding hydrogens is 302 g/mol. The van der Waals surface area contributed by atoms with Crippen LogP contribution in [0, 0.1) is 0 Å². The van der Waals surface area contributed by atoms with Gasteiger partial charge in [-0.1, -0.05) is 12.1 Å². The summed E-state index contributed by atoms with van der Waals surface area (Å²) in [6, 6.07) is 16.0. The third kappa shape index (κ3) is 2.74. The highest BCUT2D eigenvalue weighted by Crippen LogP contribution is 2.21. The predicted octanol–water partition coefficient (Wildman–Crippen LogP) is 4.00. The monoisotopic (exact) mass is 313 g/mol. The summed E-state index contributed by atoms with van der Waals surface area (Å²) in [5.74, 6) is 0. The van der Waals surface area contributed by atoms with Crippen LogP contribution in [0.1, 0.15) is 5.69 Å². The van der Waals surface area contributed by atoms with Gasteiger partial charge in [-0.3, -0.25) is 4.98 Å². The van der Waals surface area contributed by atoms with E-state index in [4.69, 9.17) is 0 Å². The number of nitrogens with zero attached hydrogens (tertiary/aromatic N) is 2. The van der Waals surface area contributed by atoms with Crippen LogP contribution in [0.4, 0.5) is 5.69 Å². The van der Waals surface area contributed by atoms with Crippen molar-refractivity contribution < 1.29 is 0 Å². The molecule has 0 atom stereocenters. The predicted molar refractivity (Wildman–Crippen MR) is 81.0 cm³/mol. The molecule has 0 bridgehead atoms. The van der Waals surface area contributed by atoms with Gasteiger partial charge in [-0.25, -0.2) is 4.98 Å². The summed E-state index contributed by atoms with van der Waals surface area (Å²) in [5.41, 5.74) is 3.07. The molecule has 0 aliphatic carbocycles. The molecule has 0 amide bonds. The maximum atomic E-state index is 4.41. The third-order valence-corrected chi connectivity index (χ3v) is 3.32. The molecule has 3 aromatic rings. The lowest BCUT2D eigenvalue weighted by Crippen LogP contribution is -2.02. The van der Waals surface area contributed by atoms with E-state index in [1.54, 1.807) is 0 Å². The first-order valence-electron chi connectivity index (χ1n) is 6.02. The van der Waals surface area contributed by atoms with Crippen LogP contribution in [0.25, 0.3) is 10.9 Å². The first kappa shape index (κ1) is 12.1. The number of fused-ring (bicyclic) bond motifs is 1. The summed E-state index contributed by atoms with van der Waals surface area (Å²) in [6.45, 7) is 0.688. The van der Waals surface area contributed by atoms with Gasteiger partial charge in [0, 0.05) is 17.3 Å². The Morgan fingerprint density at radius 1 is 1.00 bits per heavy atom. The number of hydrogen-bond acceptors (Lipinski definition) is 3. The Morgan fingerprint density at radius 3 is 2.79 bits per heavy atom. The van der Waals surface area contributed by atoms with Crippen molar-refractivity contribution in [3.05, 3.63) is 65.0 Å². The minimum Gasteiger partial charge on any atom is -0.379 e. The first-order valence-corrected chi connectivity index (χ1v) is 6.81. The van der Waals surface area contributed by atoms with Crippen molar-refractivity contribution >= 4 is 32.5 Å². The van der Waals surface area contributed by atoms with Crippen molar-refractivity contribution in [1.82, 2.24) is 9.97 Å². The fourth-order valence-electron chi connectivity index (χ4n) is 1.99. The van der Waals surface area contributed by atoms with Crippen LogP contribution in [0.5, 0.6) is 0 Å². The van der Waals surface area contributed by atoms with Crippen molar-refractivity contribution in [3.8, 4) is 0 Å². The van der Waals surface area contributed by atoms with E-state index < -0.39 is 0 Å². The number of hydrogen-bond donors (Lipinski definition) is 1. The number of anilines is 1. The molecule has 0 aliphatic heterocycles. The molecule has 0 aliphatic rings. The Balaban J connectivity index is 1.86. The van der Waals surface area contributed by atoms with E-state index in [1.807, 2.05) is 42.6 Å². The Bertz CT molecular complexity index is 707. The summed E-state index contributed by atoms with van der Waals surface area (Å²) in [6.07, 6.45) is 1.81. The second kappa shape index (κ2) is 5.36. The van der Waals surface area contributed by atoms with E-state index in [-0.39, 0.29) is 0 Å². The molecule has 0 saturated heterocycles. The number of nitrogens with one attached hydrogen (secondary N) is 1. The molecule has 0 saturated carbocycles. The molecule has 0 unspecified atom stereocenters. The van der Waals surface area contributed by atoms with Gasteiger partial charge in [-0.15, -0.1) is 0 Å². The van der Waals surface area contributed by atoms with E-state index in [2.05, 4.69) is 43.3 Å². The van der Waals surface area contributed by atoms with Crippen molar-refractivity contribution in [2.45, 2.75) is 6.54 Å². The minimum absolute atomic E-state index is 0.688. The zero-order valence-corrected chi connectivity index (χ0v) is 11.8. The molecule has 0 fully saturated rings. The molecule has 0 radical (unpaired) electrons. The second-order valence-electron chi connectivity index (χ2n) is 4.18. The lowest BCUT2D eigenvalue weighted by molar-refractivity contribution is 1.03. The van der Waals surface area contributed by atoms with E-state index in [9.17, 15) is 0 Å². The van der Waals surface area contributed by atoms with Crippen molar-refractivity contribution in [1.29, 1.82) is 0 Å². The summed E-state index contributed by atoms with van der Waals surface area (Å²) in [7, 11) is 0. The number of halogens is 1. The summed E-state index contributed by atoms with van der Waals surface area (Å²) < 4.78 is 0.853. The van der Waals surface area contributed by atoms with Crippen molar-refractivity contribution in [3.63, 3.8) is 0 Å². The molecular formula is C15H12BrN3. The van der Waals surface area contributed by atoms with Gasteiger partial charge in [-0.05, 0) is 52.3 Å². The first-order chi connectivity index (χ1) is 9.33. The molecule has 2 heterocycles.